The second kappa shape index (κ2) is 7.69. The predicted molar refractivity (Wildman–Crippen MR) is 164 cm³/mol. The fourth-order valence-corrected chi connectivity index (χ4v) is 6.61. The number of rotatable bonds is 2. The van der Waals surface area contributed by atoms with Crippen LogP contribution in [0.2, 0.25) is 0 Å². The Morgan fingerprint density at radius 3 is 1.95 bits per heavy atom. The van der Waals surface area contributed by atoms with Gasteiger partial charge in [0.25, 0.3) is 0 Å². The summed E-state index contributed by atoms with van der Waals surface area (Å²) in [5.74, 6) is 1.84. The van der Waals surface area contributed by atoms with Crippen LogP contribution in [0.3, 0.4) is 0 Å². The number of fused-ring (bicyclic) bond motifs is 2. The van der Waals surface area contributed by atoms with E-state index in [1.807, 2.05) is 6.07 Å². The maximum atomic E-state index is 6.45. The molecule has 39 heavy (non-hydrogen) atoms. The first-order chi connectivity index (χ1) is 19.3. The van der Waals surface area contributed by atoms with Crippen LogP contribution in [0.1, 0.15) is 0 Å². The van der Waals surface area contributed by atoms with E-state index in [0.717, 1.165) is 22.6 Å². The van der Waals surface area contributed by atoms with Crippen molar-refractivity contribution in [1.29, 1.82) is 0 Å². The summed E-state index contributed by atoms with van der Waals surface area (Å²) in [4.78, 5) is 0. The summed E-state index contributed by atoms with van der Waals surface area (Å²) in [6.45, 7) is 0. The summed E-state index contributed by atoms with van der Waals surface area (Å²) in [5.41, 5.74) is 7.21. The molecule has 0 saturated heterocycles. The fraction of sp³-hybridized carbons (Fsp3) is 0. The van der Waals surface area contributed by atoms with Crippen LogP contribution >= 0.6 is 0 Å². The standard InChI is InChI=1S/C38H22O/c1-2-13-34-31(11-1)32-12-5-10-28-21-29(22-35(39-34)37(28)32)26-8-4-9-27(20-26)30-18-16-25-15-14-23-6-3-7-24-17-19-33(30)38(25)36(23)24/h1-22H. The van der Waals surface area contributed by atoms with Gasteiger partial charge in [-0.3, -0.25) is 0 Å². The molecular weight excluding hydrogens is 472 g/mol. The molecule has 0 unspecified atom stereocenters. The molecule has 9 rings (SSSR count). The number of hydrogen-bond donors (Lipinski definition) is 0. The molecule has 0 spiro atoms. The Morgan fingerprint density at radius 1 is 0.333 bits per heavy atom. The third-order valence-electron chi connectivity index (χ3n) is 8.37. The highest BCUT2D eigenvalue weighted by Gasteiger charge is 2.20. The maximum Gasteiger partial charge on any atom is 0.136 e. The highest BCUT2D eigenvalue weighted by atomic mass is 16.5. The summed E-state index contributed by atoms with van der Waals surface area (Å²) >= 11 is 0. The van der Waals surface area contributed by atoms with Crippen LogP contribution < -0.4 is 4.74 Å². The smallest absolute Gasteiger partial charge is 0.136 e. The predicted octanol–water partition coefficient (Wildman–Crippen LogP) is 10.8. The van der Waals surface area contributed by atoms with Crippen molar-refractivity contribution in [3.05, 3.63) is 133 Å². The summed E-state index contributed by atoms with van der Waals surface area (Å²) in [5, 5.41) is 10.3. The third-order valence-corrected chi connectivity index (χ3v) is 8.37. The average molecular weight is 495 g/mol. The van der Waals surface area contributed by atoms with E-state index in [1.165, 1.54) is 65.3 Å². The molecule has 0 aromatic heterocycles. The van der Waals surface area contributed by atoms with Gasteiger partial charge in [0.05, 0.1) is 0 Å². The SMILES string of the molecule is c1cc(-c2cc3c4c(cccc4c2)-c2ccccc2O3)cc(-c2ccc3ccc4cccc5ccc2c3c45)c1. The second-order valence-corrected chi connectivity index (χ2v) is 10.5. The average Bonchev–Trinajstić information content (AvgIpc) is 3.00. The number of benzene rings is 8. The van der Waals surface area contributed by atoms with E-state index >= 15 is 0 Å². The van der Waals surface area contributed by atoms with Gasteiger partial charge in [-0.25, -0.2) is 0 Å². The van der Waals surface area contributed by atoms with Crippen molar-refractivity contribution < 1.29 is 4.74 Å². The highest BCUT2D eigenvalue weighted by Crippen LogP contribution is 2.48. The zero-order chi connectivity index (χ0) is 25.5. The Morgan fingerprint density at radius 2 is 1.03 bits per heavy atom. The summed E-state index contributed by atoms with van der Waals surface area (Å²) in [6, 6.07) is 48.4. The molecule has 0 N–H and O–H groups in total. The van der Waals surface area contributed by atoms with Gasteiger partial charge in [0.2, 0.25) is 0 Å². The molecule has 0 amide bonds. The summed E-state index contributed by atoms with van der Waals surface area (Å²) in [7, 11) is 0. The van der Waals surface area contributed by atoms with Gasteiger partial charge in [-0.2, -0.15) is 0 Å². The van der Waals surface area contributed by atoms with Crippen molar-refractivity contribution >= 4 is 43.1 Å². The van der Waals surface area contributed by atoms with Crippen LogP contribution in [0.15, 0.2) is 133 Å². The van der Waals surface area contributed by atoms with Gasteiger partial charge in [0.15, 0.2) is 0 Å². The molecule has 1 heteroatoms. The van der Waals surface area contributed by atoms with E-state index < -0.39 is 0 Å². The Hall–Kier alpha value is -5.14. The topological polar surface area (TPSA) is 9.23 Å². The summed E-state index contributed by atoms with van der Waals surface area (Å²) in [6.07, 6.45) is 0. The van der Waals surface area contributed by atoms with E-state index in [0.29, 0.717) is 0 Å². The molecule has 8 aromatic rings. The Bertz CT molecular complexity index is 2240. The van der Waals surface area contributed by atoms with Gasteiger partial charge < -0.3 is 4.74 Å². The lowest BCUT2D eigenvalue weighted by atomic mass is 9.88. The Balaban J connectivity index is 1.24. The molecule has 8 aromatic carbocycles. The monoisotopic (exact) mass is 494 g/mol. The van der Waals surface area contributed by atoms with Crippen LogP contribution in [0.25, 0.3) is 76.5 Å². The van der Waals surface area contributed by atoms with Gasteiger partial charge in [0, 0.05) is 10.9 Å². The number of para-hydroxylation sites is 1. The fourth-order valence-electron chi connectivity index (χ4n) is 6.61. The minimum Gasteiger partial charge on any atom is -0.456 e. The van der Waals surface area contributed by atoms with Crippen molar-refractivity contribution in [3.8, 4) is 44.9 Å². The van der Waals surface area contributed by atoms with Crippen molar-refractivity contribution in [1.82, 2.24) is 0 Å². The molecule has 0 saturated carbocycles. The zero-order valence-electron chi connectivity index (χ0n) is 21.1. The third kappa shape index (κ3) is 2.96. The number of ether oxygens (including phenoxy) is 1. The minimum atomic E-state index is 0.914. The Kier molecular flexibility index (Phi) is 4.11. The normalized spacial score (nSPS) is 12.3. The lowest BCUT2D eigenvalue weighted by Gasteiger charge is -2.22. The minimum absolute atomic E-state index is 0.914. The largest absolute Gasteiger partial charge is 0.456 e. The molecule has 0 fully saturated rings. The molecular formula is C38H22O. The molecule has 0 bridgehead atoms. The van der Waals surface area contributed by atoms with Crippen LogP contribution in [0, 0.1) is 0 Å². The van der Waals surface area contributed by atoms with Crippen LogP contribution in [-0.4, -0.2) is 0 Å². The van der Waals surface area contributed by atoms with Crippen molar-refractivity contribution in [3.63, 3.8) is 0 Å². The van der Waals surface area contributed by atoms with Gasteiger partial charge in [-0.1, -0.05) is 109 Å². The van der Waals surface area contributed by atoms with E-state index in [1.54, 1.807) is 0 Å². The molecule has 1 heterocycles. The first-order valence-electron chi connectivity index (χ1n) is 13.4. The zero-order valence-corrected chi connectivity index (χ0v) is 21.1. The molecule has 1 aliphatic rings. The van der Waals surface area contributed by atoms with E-state index in [-0.39, 0.29) is 0 Å². The highest BCUT2D eigenvalue weighted by molar-refractivity contribution is 6.25. The summed E-state index contributed by atoms with van der Waals surface area (Å²) < 4.78 is 6.45. The van der Waals surface area contributed by atoms with E-state index in [2.05, 4.69) is 127 Å². The van der Waals surface area contributed by atoms with Gasteiger partial charge in [-0.15, -0.1) is 0 Å². The van der Waals surface area contributed by atoms with Crippen LogP contribution in [0.5, 0.6) is 11.5 Å². The van der Waals surface area contributed by atoms with E-state index in [9.17, 15) is 0 Å². The quantitative estimate of drug-likeness (QED) is 0.217. The first kappa shape index (κ1) is 20.9. The van der Waals surface area contributed by atoms with Crippen molar-refractivity contribution in [2.24, 2.45) is 0 Å². The lowest BCUT2D eigenvalue weighted by Crippen LogP contribution is -1.97. The van der Waals surface area contributed by atoms with Crippen LogP contribution in [0.4, 0.5) is 0 Å². The second-order valence-electron chi connectivity index (χ2n) is 10.5. The van der Waals surface area contributed by atoms with Gasteiger partial charge >= 0.3 is 0 Å². The van der Waals surface area contributed by atoms with Gasteiger partial charge in [-0.05, 0) is 89.8 Å². The molecule has 0 radical (unpaired) electrons. The van der Waals surface area contributed by atoms with Gasteiger partial charge in [0.1, 0.15) is 11.5 Å². The molecule has 0 atom stereocenters. The lowest BCUT2D eigenvalue weighted by molar-refractivity contribution is 0.487. The van der Waals surface area contributed by atoms with Crippen molar-refractivity contribution in [2.75, 3.05) is 0 Å². The molecule has 1 aliphatic heterocycles. The Labute approximate surface area is 225 Å². The maximum absolute atomic E-state index is 6.45. The van der Waals surface area contributed by atoms with Crippen molar-refractivity contribution in [2.45, 2.75) is 0 Å². The first-order valence-corrected chi connectivity index (χ1v) is 13.4. The number of hydrogen-bond acceptors (Lipinski definition) is 1. The molecule has 180 valence electrons. The van der Waals surface area contributed by atoms with Crippen LogP contribution in [-0.2, 0) is 0 Å². The molecule has 1 nitrogen and oxygen atoms in total. The van der Waals surface area contributed by atoms with E-state index in [4.69, 9.17) is 4.74 Å². The molecule has 0 aliphatic carbocycles.